The standard InChI is InChI=1S/C14H19N3O2S2/c1-9-5-6-11(15)12(10(9)2)21(18,19)17-14(3,4)13-16-7-8-20-13/h5-8,17H,15H2,1-4H3. The molecular weight excluding hydrogens is 306 g/mol. The molecule has 0 aliphatic carbocycles. The molecule has 1 aromatic heterocycles. The van der Waals surface area contributed by atoms with Gasteiger partial charge < -0.3 is 5.73 Å². The van der Waals surface area contributed by atoms with Gasteiger partial charge in [0.15, 0.2) is 0 Å². The number of thiazole rings is 1. The zero-order valence-electron chi connectivity index (χ0n) is 12.5. The molecule has 114 valence electrons. The molecule has 0 amide bonds. The Morgan fingerprint density at radius 3 is 2.52 bits per heavy atom. The van der Waals surface area contributed by atoms with Crippen LogP contribution in [0.3, 0.4) is 0 Å². The summed E-state index contributed by atoms with van der Waals surface area (Å²) in [4.78, 5) is 4.33. The maximum absolute atomic E-state index is 12.7. The summed E-state index contributed by atoms with van der Waals surface area (Å²) >= 11 is 1.41. The minimum atomic E-state index is -3.74. The summed E-state index contributed by atoms with van der Waals surface area (Å²) in [5, 5.41) is 2.52. The number of aryl methyl sites for hydroxylation is 1. The lowest BCUT2D eigenvalue weighted by atomic mass is 10.1. The summed E-state index contributed by atoms with van der Waals surface area (Å²) in [6.45, 7) is 7.19. The molecular formula is C14H19N3O2S2. The van der Waals surface area contributed by atoms with Crippen LogP contribution in [-0.2, 0) is 15.6 Å². The highest BCUT2D eigenvalue weighted by molar-refractivity contribution is 7.89. The zero-order valence-corrected chi connectivity index (χ0v) is 14.1. The minimum Gasteiger partial charge on any atom is -0.398 e. The fourth-order valence-electron chi connectivity index (χ4n) is 2.13. The minimum absolute atomic E-state index is 0.145. The van der Waals surface area contributed by atoms with E-state index >= 15 is 0 Å². The first-order valence-corrected chi connectivity index (χ1v) is 8.81. The van der Waals surface area contributed by atoms with Crippen LogP contribution in [0.15, 0.2) is 28.6 Å². The number of nitrogens with zero attached hydrogens (tertiary/aromatic N) is 1. The number of nitrogen functional groups attached to an aromatic ring is 1. The molecule has 0 saturated heterocycles. The van der Waals surface area contributed by atoms with Crippen molar-refractivity contribution in [2.75, 3.05) is 5.73 Å². The number of hydrogen-bond donors (Lipinski definition) is 2. The van der Waals surface area contributed by atoms with E-state index in [2.05, 4.69) is 9.71 Å². The lowest BCUT2D eigenvalue weighted by molar-refractivity contribution is 0.470. The second-order valence-corrected chi connectivity index (χ2v) is 8.01. The van der Waals surface area contributed by atoms with E-state index in [-0.39, 0.29) is 10.6 Å². The van der Waals surface area contributed by atoms with Gasteiger partial charge in [0.1, 0.15) is 9.90 Å². The van der Waals surface area contributed by atoms with Crippen LogP contribution in [0.2, 0.25) is 0 Å². The van der Waals surface area contributed by atoms with Gasteiger partial charge in [-0.3, -0.25) is 0 Å². The topological polar surface area (TPSA) is 85.1 Å². The summed E-state index contributed by atoms with van der Waals surface area (Å²) in [6.07, 6.45) is 1.66. The van der Waals surface area contributed by atoms with Gasteiger partial charge in [-0.2, -0.15) is 4.72 Å². The van der Waals surface area contributed by atoms with Crippen LogP contribution in [0.4, 0.5) is 5.69 Å². The fraction of sp³-hybridized carbons (Fsp3) is 0.357. The zero-order chi connectivity index (χ0) is 15.8. The normalized spacial score (nSPS) is 12.6. The molecule has 0 fully saturated rings. The van der Waals surface area contributed by atoms with Crippen molar-refractivity contribution in [2.24, 2.45) is 0 Å². The van der Waals surface area contributed by atoms with E-state index < -0.39 is 15.6 Å². The molecule has 1 aromatic carbocycles. The van der Waals surface area contributed by atoms with Crippen LogP contribution in [0, 0.1) is 13.8 Å². The summed E-state index contributed by atoms with van der Waals surface area (Å²) in [5.41, 5.74) is 6.89. The predicted octanol–water partition coefficient (Wildman–Crippen LogP) is 2.56. The lowest BCUT2D eigenvalue weighted by Gasteiger charge is -2.25. The molecule has 7 heteroatoms. The first kappa shape index (κ1) is 15.9. The molecule has 0 bridgehead atoms. The van der Waals surface area contributed by atoms with Crippen molar-refractivity contribution in [2.45, 2.75) is 38.1 Å². The Morgan fingerprint density at radius 2 is 1.95 bits per heavy atom. The second-order valence-electron chi connectivity index (χ2n) is 5.49. The fourth-order valence-corrected chi connectivity index (χ4v) is 4.73. The molecule has 21 heavy (non-hydrogen) atoms. The van der Waals surface area contributed by atoms with E-state index in [1.54, 1.807) is 33.0 Å². The first-order chi connectivity index (χ1) is 9.65. The maximum Gasteiger partial charge on any atom is 0.243 e. The summed E-state index contributed by atoms with van der Waals surface area (Å²) in [5.74, 6) is 0. The van der Waals surface area contributed by atoms with Crippen LogP contribution in [0.25, 0.3) is 0 Å². The van der Waals surface area contributed by atoms with Crippen molar-refractivity contribution in [3.63, 3.8) is 0 Å². The van der Waals surface area contributed by atoms with Gasteiger partial charge >= 0.3 is 0 Å². The Bertz CT molecular complexity index is 751. The number of aromatic nitrogens is 1. The van der Waals surface area contributed by atoms with Gasteiger partial charge in [-0.15, -0.1) is 11.3 Å². The van der Waals surface area contributed by atoms with Gasteiger partial charge in [0, 0.05) is 11.6 Å². The van der Waals surface area contributed by atoms with Gasteiger partial charge in [0.2, 0.25) is 10.0 Å². The lowest BCUT2D eigenvalue weighted by Crippen LogP contribution is -2.41. The Morgan fingerprint density at radius 1 is 1.29 bits per heavy atom. The van der Waals surface area contributed by atoms with E-state index in [9.17, 15) is 8.42 Å². The molecule has 0 saturated carbocycles. The molecule has 0 atom stereocenters. The highest BCUT2D eigenvalue weighted by atomic mass is 32.2. The summed E-state index contributed by atoms with van der Waals surface area (Å²) in [7, 11) is -3.74. The van der Waals surface area contributed by atoms with Crippen molar-refractivity contribution >= 4 is 27.0 Å². The molecule has 3 N–H and O–H groups in total. The van der Waals surface area contributed by atoms with E-state index in [1.807, 2.05) is 18.4 Å². The van der Waals surface area contributed by atoms with E-state index in [4.69, 9.17) is 5.73 Å². The quantitative estimate of drug-likeness (QED) is 0.846. The number of nitrogens with two attached hydrogens (primary N) is 1. The van der Waals surface area contributed by atoms with Crippen molar-refractivity contribution in [1.82, 2.24) is 9.71 Å². The van der Waals surface area contributed by atoms with Crippen molar-refractivity contribution in [3.8, 4) is 0 Å². The number of sulfonamides is 1. The van der Waals surface area contributed by atoms with Gasteiger partial charge in [-0.25, -0.2) is 13.4 Å². The van der Waals surface area contributed by atoms with Gasteiger partial charge in [0.25, 0.3) is 0 Å². The van der Waals surface area contributed by atoms with Gasteiger partial charge in [-0.05, 0) is 44.9 Å². The van der Waals surface area contributed by atoms with E-state index in [1.165, 1.54) is 11.3 Å². The molecule has 0 aliphatic rings. The van der Waals surface area contributed by atoms with Crippen LogP contribution >= 0.6 is 11.3 Å². The highest BCUT2D eigenvalue weighted by Crippen LogP contribution is 2.29. The molecule has 2 aromatic rings. The Balaban J connectivity index is 2.47. The van der Waals surface area contributed by atoms with Crippen LogP contribution in [0.5, 0.6) is 0 Å². The Labute approximate surface area is 129 Å². The predicted molar refractivity (Wildman–Crippen MR) is 85.8 cm³/mol. The first-order valence-electron chi connectivity index (χ1n) is 6.45. The largest absolute Gasteiger partial charge is 0.398 e. The number of benzene rings is 1. The third-order valence-electron chi connectivity index (χ3n) is 3.33. The summed E-state index contributed by atoms with van der Waals surface area (Å²) < 4.78 is 28.1. The maximum atomic E-state index is 12.7. The second kappa shape index (κ2) is 5.40. The van der Waals surface area contributed by atoms with Crippen LogP contribution in [0.1, 0.15) is 30.0 Å². The van der Waals surface area contributed by atoms with E-state index in [0.717, 1.165) is 5.56 Å². The molecule has 0 radical (unpaired) electrons. The monoisotopic (exact) mass is 325 g/mol. The van der Waals surface area contributed by atoms with E-state index in [0.29, 0.717) is 10.6 Å². The van der Waals surface area contributed by atoms with Crippen LogP contribution in [-0.4, -0.2) is 13.4 Å². The smallest absolute Gasteiger partial charge is 0.243 e. The number of hydrogen-bond acceptors (Lipinski definition) is 5. The average Bonchev–Trinajstić information content (AvgIpc) is 2.87. The third kappa shape index (κ3) is 3.09. The molecule has 0 aliphatic heterocycles. The summed E-state index contributed by atoms with van der Waals surface area (Å²) in [6, 6.07) is 3.43. The Kier molecular flexibility index (Phi) is 4.10. The third-order valence-corrected chi connectivity index (χ3v) is 6.29. The Hall–Kier alpha value is -1.44. The van der Waals surface area contributed by atoms with Crippen molar-refractivity contribution in [1.29, 1.82) is 0 Å². The molecule has 1 heterocycles. The van der Waals surface area contributed by atoms with Gasteiger partial charge in [-0.1, -0.05) is 6.07 Å². The molecule has 2 rings (SSSR count). The molecule has 5 nitrogen and oxygen atoms in total. The number of rotatable bonds is 4. The SMILES string of the molecule is Cc1ccc(N)c(S(=O)(=O)NC(C)(C)c2nccs2)c1C. The van der Waals surface area contributed by atoms with Crippen molar-refractivity contribution < 1.29 is 8.42 Å². The average molecular weight is 325 g/mol. The van der Waals surface area contributed by atoms with Crippen molar-refractivity contribution in [3.05, 3.63) is 39.8 Å². The highest BCUT2D eigenvalue weighted by Gasteiger charge is 2.32. The molecule has 0 spiro atoms. The molecule has 0 unspecified atom stereocenters. The number of anilines is 1. The van der Waals surface area contributed by atoms with Crippen LogP contribution < -0.4 is 10.5 Å². The number of nitrogens with one attached hydrogen (secondary N) is 1. The van der Waals surface area contributed by atoms with Gasteiger partial charge in [0.05, 0.1) is 11.2 Å².